The quantitative estimate of drug-likeness (QED) is 0.743. The monoisotopic (exact) mass is 313 g/mol. The van der Waals surface area contributed by atoms with E-state index in [4.69, 9.17) is 0 Å². The van der Waals surface area contributed by atoms with Crippen molar-refractivity contribution in [2.75, 3.05) is 0 Å². The van der Waals surface area contributed by atoms with Gasteiger partial charge in [-0.05, 0) is 37.0 Å². The Kier molecular flexibility index (Phi) is 7.85. The predicted molar refractivity (Wildman–Crippen MR) is 83.1 cm³/mol. The zero-order chi connectivity index (χ0) is 16.5. The lowest BCUT2D eigenvalue weighted by molar-refractivity contribution is -0.121. The van der Waals surface area contributed by atoms with Gasteiger partial charge in [0.05, 0.1) is 6.42 Å². The van der Waals surface area contributed by atoms with E-state index >= 15 is 0 Å². The van der Waals surface area contributed by atoms with Crippen LogP contribution in [0.4, 0.5) is 8.78 Å². The minimum absolute atomic E-state index is 0.0559. The molecule has 0 spiro atoms. The smallest absolute Gasteiger partial charge is 0.387 e. The van der Waals surface area contributed by atoms with Crippen molar-refractivity contribution in [2.24, 2.45) is 5.92 Å². The van der Waals surface area contributed by atoms with Gasteiger partial charge in [0.25, 0.3) is 0 Å². The largest absolute Gasteiger partial charge is 0.435 e. The number of nitrogens with one attached hydrogen (secondary N) is 1. The minimum atomic E-state index is -2.83. The van der Waals surface area contributed by atoms with Crippen molar-refractivity contribution in [1.29, 1.82) is 0 Å². The molecule has 1 N–H and O–H groups in total. The second-order valence-electron chi connectivity index (χ2n) is 5.99. The molecule has 0 saturated carbocycles. The number of carbonyl (C=O) groups excluding carboxylic acids is 1. The molecule has 0 radical (unpaired) electrons. The topological polar surface area (TPSA) is 38.3 Å². The molecule has 1 amide bonds. The van der Waals surface area contributed by atoms with Crippen molar-refractivity contribution in [3.05, 3.63) is 29.8 Å². The molecule has 5 heteroatoms. The summed E-state index contributed by atoms with van der Waals surface area (Å²) in [7, 11) is 0. The molecule has 3 nitrogen and oxygen atoms in total. The van der Waals surface area contributed by atoms with Crippen molar-refractivity contribution < 1.29 is 18.3 Å². The van der Waals surface area contributed by atoms with E-state index in [1.165, 1.54) is 12.1 Å². The highest BCUT2D eigenvalue weighted by Gasteiger charge is 2.09. The highest BCUT2D eigenvalue weighted by atomic mass is 19.3. The number of ether oxygens (including phenoxy) is 1. The van der Waals surface area contributed by atoms with Gasteiger partial charge in [0.1, 0.15) is 5.75 Å². The molecular weight excluding hydrogens is 288 g/mol. The lowest BCUT2D eigenvalue weighted by atomic mass is 10.0. The second kappa shape index (κ2) is 9.38. The lowest BCUT2D eigenvalue weighted by Crippen LogP contribution is -2.33. The van der Waals surface area contributed by atoms with Crippen LogP contribution in [0.25, 0.3) is 0 Å². The van der Waals surface area contributed by atoms with Crippen molar-refractivity contribution in [2.45, 2.75) is 59.1 Å². The maximum absolute atomic E-state index is 12.0. The van der Waals surface area contributed by atoms with Crippen molar-refractivity contribution >= 4 is 5.91 Å². The summed E-state index contributed by atoms with van der Waals surface area (Å²) >= 11 is 0. The van der Waals surface area contributed by atoms with Crippen LogP contribution in [0.3, 0.4) is 0 Å². The van der Waals surface area contributed by atoms with Gasteiger partial charge >= 0.3 is 6.61 Å². The van der Waals surface area contributed by atoms with Crippen LogP contribution >= 0.6 is 0 Å². The Labute approximate surface area is 131 Å². The third kappa shape index (κ3) is 7.96. The Morgan fingerprint density at radius 2 is 1.77 bits per heavy atom. The first-order chi connectivity index (χ1) is 10.4. The highest BCUT2D eigenvalue weighted by Crippen LogP contribution is 2.15. The Morgan fingerprint density at radius 3 is 2.32 bits per heavy atom. The molecule has 0 aliphatic heterocycles. The molecule has 1 atom stereocenters. The van der Waals surface area contributed by atoms with Crippen molar-refractivity contribution in [1.82, 2.24) is 5.32 Å². The summed E-state index contributed by atoms with van der Waals surface area (Å²) in [6.45, 7) is 3.54. The molecule has 0 bridgehead atoms. The fourth-order valence-electron chi connectivity index (χ4n) is 2.20. The molecular formula is C17H25F2NO2. The SMILES string of the molecule is CC(C)CCCC(C)NC(=O)Cc1ccc(OC(F)F)cc1. The normalized spacial score (nSPS) is 12.5. The highest BCUT2D eigenvalue weighted by molar-refractivity contribution is 5.78. The molecule has 0 fully saturated rings. The van der Waals surface area contributed by atoms with Gasteiger partial charge in [0, 0.05) is 6.04 Å². The number of hydrogen-bond acceptors (Lipinski definition) is 2. The zero-order valence-electron chi connectivity index (χ0n) is 13.4. The van der Waals surface area contributed by atoms with E-state index in [0.717, 1.165) is 24.8 Å². The second-order valence-corrected chi connectivity index (χ2v) is 5.99. The fraction of sp³-hybridized carbons (Fsp3) is 0.588. The average molecular weight is 313 g/mol. The molecule has 1 aromatic carbocycles. The average Bonchev–Trinajstić information content (AvgIpc) is 2.39. The molecule has 0 aliphatic rings. The molecule has 1 aromatic rings. The van der Waals surface area contributed by atoms with Crippen LogP contribution in [0.1, 0.15) is 45.6 Å². The van der Waals surface area contributed by atoms with Crippen molar-refractivity contribution in [3.8, 4) is 5.75 Å². The first-order valence-electron chi connectivity index (χ1n) is 7.70. The number of rotatable bonds is 9. The summed E-state index contributed by atoms with van der Waals surface area (Å²) in [6, 6.07) is 6.29. The van der Waals surface area contributed by atoms with Gasteiger partial charge in [-0.3, -0.25) is 4.79 Å². The van der Waals surface area contributed by atoms with Crippen LogP contribution in [0.2, 0.25) is 0 Å². The van der Waals surface area contributed by atoms with Crippen LogP contribution in [0.15, 0.2) is 24.3 Å². The number of alkyl halides is 2. The Hall–Kier alpha value is -1.65. The number of carbonyl (C=O) groups is 1. The van der Waals surface area contributed by atoms with E-state index in [2.05, 4.69) is 23.9 Å². The van der Waals surface area contributed by atoms with E-state index in [1.807, 2.05) is 6.92 Å². The standard InChI is InChI=1S/C17H25F2NO2/c1-12(2)5-4-6-13(3)20-16(21)11-14-7-9-15(10-8-14)22-17(18)19/h7-10,12-13,17H,4-6,11H2,1-3H3,(H,20,21). The van der Waals surface area contributed by atoms with Gasteiger partial charge in [-0.1, -0.05) is 38.8 Å². The summed E-state index contributed by atoms with van der Waals surface area (Å²) in [5.41, 5.74) is 0.772. The summed E-state index contributed by atoms with van der Waals surface area (Å²) in [4.78, 5) is 11.9. The van der Waals surface area contributed by atoms with Crippen LogP contribution in [0.5, 0.6) is 5.75 Å². The molecule has 0 aliphatic carbocycles. The third-order valence-corrected chi connectivity index (χ3v) is 3.34. The van der Waals surface area contributed by atoms with Crippen LogP contribution in [-0.4, -0.2) is 18.6 Å². The van der Waals surface area contributed by atoms with E-state index in [9.17, 15) is 13.6 Å². The van der Waals surface area contributed by atoms with Gasteiger partial charge in [-0.15, -0.1) is 0 Å². The van der Waals surface area contributed by atoms with Gasteiger partial charge in [-0.25, -0.2) is 0 Å². The van der Waals surface area contributed by atoms with Gasteiger partial charge < -0.3 is 10.1 Å². The Morgan fingerprint density at radius 1 is 1.14 bits per heavy atom. The van der Waals surface area contributed by atoms with E-state index in [-0.39, 0.29) is 24.1 Å². The number of halogens is 2. The number of amides is 1. The van der Waals surface area contributed by atoms with Crippen LogP contribution in [0, 0.1) is 5.92 Å². The summed E-state index contributed by atoms with van der Waals surface area (Å²) < 4.78 is 28.3. The maximum Gasteiger partial charge on any atom is 0.387 e. The van der Waals surface area contributed by atoms with E-state index < -0.39 is 6.61 Å². The van der Waals surface area contributed by atoms with Crippen LogP contribution < -0.4 is 10.1 Å². The Bertz CT molecular complexity index is 446. The zero-order valence-corrected chi connectivity index (χ0v) is 13.4. The van der Waals surface area contributed by atoms with E-state index in [1.54, 1.807) is 12.1 Å². The van der Waals surface area contributed by atoms with Crippen molar-refractivity contribution in [3.63, 3.8) is 0 Å². The molecule has 0 aromatic heterocycles. The Balaban J connectivity index is 2.35. The van der Waals surface area contributed by atoms with Gasteiger partial charge in [0.2, 0.25) is 5.91 Å². The first kappa shape index (κ1) is 18.4. The first-order valence-corrected chi connectivity index (χ1v) is 7.70. The molecule has 0 saturated heterocycles. The van der Waals surface area contributed by atoms with Gasteiger partial charge in [-0.2, -0.15) is 8.78 Å². The van der Waals surface area contributed by atoms with Gasteiger partial charge in [0.15, 0.2) is 0 Å². The maximum atomic E-state index is 12.0. The predicted octanol–water partition coefficient (Wildman–Crippen LogP) is 4.16. The lowest BCUT2D eigenvalue weighted by Gasteiger charge is -2.14. The summed E-state index contributed by atoms with van der Waals surface area (Å²) in [5, 5.41) is 2.96. The molecule has 124 valence electrons. The summed E-state index contributed by atoms with van der Waals surface area (Å²) in [6.07, 6.45) is 3.46. The molecule has 22 heavy (non-hydrogen) atoms. The third-order valence-electron chi connectivity index (χ3n) is 3.34. The molecule has 0 heterocycles. The number of benzene rings is 1. The number of hydrogen-bond donors (Lipinski definition) is 1. The minimum Gasteiger partial charge on any atom is -0.435 e. The van der Waals surface area contributed by atoms with E-state index in [0.29, 0.717) is 5.92 Å². The fourth-order valence-corrected chi connectivity index (χ4v) is 2.20. The van der Waals surface area contributed by atoms with Crippen LogP contribution in [-0.2, 0) is 11.2 Å². The molecule has 1 unspecified atom stereocenters. The summed E-state index contributed by atoms with van der Waals surface area (Å²) in [5.74, 6) is 0.720. The molecule has 1 rings (SSSR count).